The highest BCUT2D eigenvalue weighted by atomic mass is 16.5. The third-order valence-corrected chi connectivity index (χ3v) is 3.67. The predicted molar refractivity (Wildman–Crippen MR) is 92.9 cm³/mol. The van der Waals surface area contributed by atoms with Crippen molar-refractivity contribution in [1.82, 2.24) is 4.98 Å². The summed E-state index contributed by atoms with van der Waals surface area (Å²) in [5, 5.41) is 0. The van der Waals surface area contributed by atoms with E-state index in [2.05, 4.69) is 25.8 Å². The molecule has 0 aromatic carbocycles. The highest BCUT2D eigenvalue weighted by molar-refractivity contribution is 5.91. The Morgan fingerprint density at radius 3 is 2.21 bits per heavy atom. The van der Waals surface area contributed by atoms with Crippen molar-refractivity contribution in [3.05, 3.63) is 29.6 Å². The standard InChI is InChI=1S/C19H29NO4/c1-6-8-17(14(4)5)24-19(22)16-10-7-9-15(20-16)18(21)23-12-11-13(2)3/h7,9-10,13-14,17H,6,8,11-12H2,1-5H3. The Kier molecular flexibility index (Phi) is 8.44. The number of carbonyl (C=O) groups is 2. The van der Waals surface area contributed by atoms with Gasteiger partial charge >= 0.3 is 11.9 Å². The van der Waals surface area contributed by atoms with Crippen molar-refractivity contribution in [1.29, 1.82) is 0 Å². The normalized spacial score (nSPS) is 12.3. The summed E-state index contributed by atoms with van der Waals surface area (Å²) in [6, 6.07) is 4.71. The van der Waals surface area contributed by atoms with E-state index < -0.39 is 11.9 Å². The number of rotatable bonds is 9. The summed E-state index contributed by atoms with van der Waals surface area (Å²) in [5.41, 5.74) is 0.264. The first-order valence-electron chi connectivity index (χ1n) is 8.70. The minimum Gasteiger partial charge on any atom is -0.461 e. The lowest BCUT2D eigenvalue weighted by Gasteiger charge is -2.20. The van der Waals surface area contributed by atoms with Gasteiger partial charge in [-0.25, -0.2) is 14.6 Å². The molecule has 0 N–H and O–H groups in total. The van der Waals surface area contributed by atoms with Crippen molar-refractivity contribution in [2.45, 2.75) is 60.0 Å². The zero-order valence-corrected chi connectivity index (χ0v) is 15.4. The molecule has 5 heteroatoms. The maximum Gasteiger partial charge on any atom is 0.357 e. The van der Waals surface area contributed by atoms with E-state index in [4.69, 9.17) is 9.47 Å². The van der Waals surface area contributed by atoms with Crippen LogP contribution in [0.4, 0.5) is 0 Å². The van der Waals surface area contributed by atoms with Gasteiger partial charge in [0.2, 0.25) is 0 Å². The second kappa shape index (κ2) is 10.1. The monoisotopic (exact) mass is 335 g/mol. The molecule has 1 rings (SSSR count). The Bertz CT molecular complexity index is 540. The fourth-order valence-electron chi connectivity index (χ4n) is 2.13. The second-order valence-corrected chi connectivity index (χ2v) is 6.70. The molecule has 0 aliphatic heterocycles. The highest BCUT2D eigenvalue weighted by Gasteiger charge is 2.20. The predicted octanol–water partition coefficient (Wildman–Crippen LogP) is 4.27. The number of aromatic nitrogens is 1. The molecule has 0 fully saturated rings. The smallest absolute Gasteiger partial charge is 0.357 e. The summed E-state index contributed by atoms with van der Waals surface area (Å²) in [6.07, 6.45) is 2.39. The van der Waals surface area contributed by atoms with Crippen LogP contribution >= 0.6 is 0 Å². The highest BCUT2D eigenvalue weighted by Crippen LogP contribution is 2.15. The molecule has 1 aromatic heterocycles. The molecule has 1 heterocycles. The summed E-state index contributed by atoms with van der Waals surface area (Å²) < 4.78 is 10.7. The van der Waals surface area contributed by atoms with Gasteiger partial charge in [-0.2, -0.15) is 0 Å². The molecule has 1 unspecified atom stereocenters. The molecule has 0 saturated carbocycles. The van der Waals surface area contributed by atoms with Gasteiger partial charge in [0.15, 0.2) is 0 Å². The summed E-state index contributed by atoms with van der Waals surface area (Å²) in [7, 11) is 0. The van der Waals surface area contributed by atoms with E-state index in [1.165, 1.54) is 0 Å². The zero-order chi connectivity index (χ0) is 18.1. The third-order valence-electron chi connectivity index (χ3n) is 3.67. The van der Waals surface area contributed by atoms with Crippen LogP contribution < -0.4 is 0 Å². The van der Waals surface area contributed by atoms with Crippen molar-refractivity contribution >= 4 is 11.9 Å². The van der Waals surface area contributed by atoms with Gasteiger partial charge in [-0.1, -0.05) is 47.1 Å². The lowest BCUT2D eigenvalue weighted by atomic mass is 10.0. The van der Waals surface area contributed by atoms with Crippen molar-refractivity contribution in [2.24, 2.45) is 11.8 Å². The van der Waals surface area contributed by atoms with E-state index in [1.54, 1.807) is 18.2 Å². The number of hydrogen-bond donors (Lipinski definition) is 0. The molecule has 0 amide bonds. The summed E-state index contributed by atoms with van der Waals surface area (Å²) in [6.45, 7) is 10.6. The fourth-order valence-corrected chi connectivity index (χ4v) is 2.13. The quantitative estimate of drug-likeness (QED) is 0.631. The van der Waals surface area contributed by atoms with Crippen LogP contribution in [0.2, 0.25) is 0 Å². The van der Waals surface area contributed by atoms with Crippen molar-refractivity contribution in [2.75, 3.05) is 6.61 Å². The van der Waals surface area contributed by atoms with Gasteiger partial charge in [-0.3, -0.25) is 0 Å². The average molecular weight is 335 g/mol. The van der Waals surface area contributed by atoms with Crippen LogP contribution in [0.1, 0.15) is 74.9 Å². The van der Waals surface area contributed by atoms with E-state index >= 15 is 0 Å². The molecule has 0 bridgehead atoms. The number of carbonyl (C=O) groups excluding carboxylic acids is 2. The summed E-state index contributed by atoms with van der Waals surface area (Å²) >= 11 is 0. The molecule has 1 atom stereocenters. The topological polar surface area (TPSA) is 65.5 Å². The van der Waals surface area contributed by atoms with E-state index in [0.29, 0.717) is 12.5 Å². The van der Waals surface area contributed by atoms with Crippen molar-refractivity contribution < 1.29 is 19.1 Å². The first-order valence-corrected chi connectivity index (χ1v) is 8.70. The Hall–Kier alpha value is -1.91. The lowest BCUT2D eigenvalue weighted by Crippen LogP contribution is -2.24. The van der Waals surface area contributed by atoms with E-state index in [1.807, 2.05) is 13.8 Å². The van der Waals surface area contributed by atoms with Crippen LogP contribution in [0.15, 0.2) is 18.2 Å². The van der Waals surface area contributed by atoms with Crippen LogP contribution in [-0.4, -0.2) is 29.6 Å². The minimum atomic E-state index is -0.515. The van der Waals surface area contributed by atoms with Crippen LogP contribution in [0.5, 0.6) is 0 Å². The van der Waals surface area contributed by atoms with E-state index in [9.17, 15) is 9.59 Å². The largest absolute Gasteiger partial charge is 0.461 e. The van der Waals surface area contributed by atoms with Gasteiger partial charge in [-0.05, 0) is 36.8 Å². The Morgan fingerprint density at radius 1 is 1.04 bits per heavy atom. The molecule has 5 nitrogen and oxygen atoms in total. The van der Waals surface area contributed by atoms with Crippen LogP contribution in [0.25, 0.3) is 0 Å². The van der Waals surface area contributed by atoms with Crippen LogP contribution in [0, 0.1) is 11.8 Å². The van der Waals surface area contributed by atoms with Gasteiger partial charge in [0, 0.05) is 0 Å². The fraction of sp³-hybridized carbons (Fsp3) is 0.632. The van der Waals surface area contributed by atoms with Crippen LogP contribution in [0.3, 0.4) is 0 Å². The molecule has 1 aromatic rings. The first kappa shape index (κ1) is 20.1. The van der Waals surface area contributed by atoms with Gasteiger partial charge < -0.3 is 9.47 Å². The SMILES string of the molecule is CCCC(OC(=O)c1cccc(C(=O)OCCC(C)C)n1)C(C)C. The molecule has 0 spiro atoms. The third kappa shape index (κ3) is 6.69. The molecule has 24 heavy (non-hydrogen) atoms. The molecular formula is C19H29NO4. The van der Waals surface area contributed by atoms with Gasteiger partial charge in [0.05, 0.1) is 6.61 Å². The lowest BCUT2D eigenvalue weighted by molar-refractivity contribution is 0.0150. The molecule has 0 aliphatic rings. The maximum atomic E-state index is 12.3. The van der Waals surface area contributed by atoms with Gasteiger partial charge in [0.25, 0.3) is 0 Å². The summed E-state index contributed by atoms with van der Waals surface area (Å²) in [5.74, 6) is -0.324. The Balaban J connectivity index is 2.72. The first-order chi connectivity index (χ1) is 11.3. The van der Waals surface area contributed by atoms with Crippen molar-refractivity contribution in [3.8, 4) is 0 Å². The number of pyridine rings is 1. The van der Waals surface area contributed by atoms with E-state index in [0.717, 1.165) is 19.3 Å². The van der Waals surface area contributed by atoms with Gasteiger partial charge in [-0.15, -0.1) is 0 Å². The molecule has 0 radical (unpaired) electrons. The van der Waals surface area contributed by atoms with Crippen LogP contribution in [-0.2, 0) is 9.47 Å². The number of ether oxygens (including phenoxy) is 2. The Labute approximate surface area is 144 Å². The van der Waals surface area contributed by atoms with Gasteiger partial charge in [0.1, 0.15) is 17.5 Å². The number of nitrogens with zero attached hydrogens (tertiary/aromatic N) is 1. The number of hydrogen-bond acceptors (Lipinski definition) is 5. The second-order valence-electron chi connectivity index (χ2n) is 6.70. The van der Waals surface area contributed by atoms with Crippen molar-refractivity contribution in [3.63, 3.8) is 0 Å². The molecule has 0 saturated heterocycles. The summed E-state index contributed by atoms with van der Waals surface area (Å²) in [4.78, 5) is 28.4. The molecule has 0 aliphatic carbocycles. The molecular weight excluding hydrogens is 306 g/mol. The zero-order valence-electron chi connectivity index (χ0n) is 15.4. The maximum absolute atomic E-state index is 12.3. The average Bonchev–Trinajstić information content (AvgIpc) is 2.53. The Morgan fingerprint density at radius 2 is 1.67 bits per heavy atom. The number of esters is 2. The minimum absolute atomic E-state index is 0.129. The van der Waals surface area contributed by atoms with E-state index in [-0.39, 0.29) is 23.4 Å². The molecule has 134 valence electrons.